The highest BCUT2D eigenvalue weighted by Gasteiger charge is 2.33. The maximum atomic E-state index is 12.5. The summed E-state index contributed by atoms with van der Waals surface area (Å²) in [5.74, 6) is 0.218. The van der Waals surface area contributed by atoms with Crippen LogP contribution < -0.4 is 10.6 Å². The molecular weight excluding hydrogens is 492 g/mol. The zero-order valence-electron chi connectivity index (χ0n) is 14.3. The van der Waals surface area contributed by atoms with Crippen LogP contribution in [-0.2, 0) is 22.6 Å². The Morgan fingerprint density at radius 2 is 1.88 bits per heavy atom. The highest BCUT2D eigenvalue weighted by Crippen LogP contribution is 2.29. The summed E-state index contributed by atoms with van der Waals surface area (Å²) in [5.41, 5.74) is -0.927. The van der Waals surface area contributed by atoms with Gasteiger partial charge < -0.3 is 10.6 Å². The van der Waals surface area contributed by atoms with Gasteiger partial charge in [-0.05, 0) is 20.8 Å². The maximum Gasteiger partial charge on any atom is 0.434 e. The van der Waals surface area contributed by atoms with E-state index in [1.807, 2.05) is 0 Å². The minimum absolute atomic E-state index is 0. The van der Waals surface area contributed by atoms with Crippen LogP contribution in [0, 0.1) is 0 Å². The molecular formula is C13H22F3IN4O2S2. The highest BCUT2D eigenvalue weighted by atomic mass is 127. The summed E-state index contributed by atoms with van der Waals surface area (Å²) in [7, 11) is -1.78. The number of hydrogen-bond donors (Lipinski definition) is 2. The van der Waals surface area contributed by atoms with Gasteiger partial charge in [0, 0.05) is 19.0 Å². The Bertz CT molecular complexity index is 682. The predicted octanol–water partition coefficient (Wildman–Crippen LogP) is 2.66. The third-order valence-electron chi connectivity index (χ3n) is 3.07. The van der Waals surface area contributed by atoms with Crippen molar-refractivity contribution >= 4 is 51.1 Å². The minimum Gasteiger partial charge on any atom is -0.355 e. The van der Waals surface area contributed by atoms with Crippen LogP contribution in [0.4, 0.5) is 13.2 Å². The van der Waals surface area contributed by atoms with E-state index < -0.39 is 26.5 Å². The van der Waals surface area contributed by atoms with Crippen LogP contribution in [0.1, 0.15) is 31.5 Å². The standard InChI is InChI=1S/C13H21F3N4O2S2.HI/c1-12(2,3)24(21,22)6-5-18-11(17-4)19-7-10-20-9(8-23-10)13(14,15)16;/h8H,5-7H2,1-4H3,(H2,17,18,19);1H. The van der Waals surface area contributed by atoms with E-state index in [0.29, 0.717) is 5.96 Å². The number of thiazole rings is 1. The summed E-state index contributed by atoms with van der Waals surface area (Å²) in [6.45, 7) is 5.07. The van der Waals surface area contributed by atoms with Crippen LogP contribution >= 0.6 is 35.3 Å². The fourth-order valence-electron chi connectivity index (χ4n) is 1.51. The van der Waals surface area contributed by atoms with E-state index >= 15 is 0 Å². The lowest BCUT2D eigenvalue weighted by atomic mass is 10.3. The number of sulfone groups is 1. The Balaban J connectivity index is 0.00000576. The van der Waals surface area contributed by atoms with Gasteiger partial charge in [-0.15, -0.1) is 35.3 Å². The van der Waals surface area contributed by atoms with E-state index in [1.165, 1.54) is 7.05 Å². The van der Waals surface area contributed by atoms with E-state index in [4.69, 9.17) is 0 Å². The quantitative estimate of drug-likeness (QED) is 0.359. The first-order chi connectivity index (χ1) is 10.9. The average molecular weight is 514 g/mol. The van der Waals surface area contributed by atoms with Gasteiger partial charge in [0.25, 0.3) is 0 Å². The van der Waals surface area contributed by atoms with Crippen molar-refractivity contribution in [3.63, 3.8) is 0 Å². The molecule has 0 bridgehead atoms. The van der Waals surface area contributed by atoms with Crippen LogP contribution in [0.25, 0.3) is 0 Å². The third-order valence-corrected chi connectivity index (χ3v) is 6.53. The second-order valence-corrected chi connectivity index (χ2v) is 9.71. The smallest absolute Gasteiger partial charge is 0.355 e. The van der Waals surface area contributed by atoms with Crippen molar-refractivity contribution in [2.24, 2.45) is 4.99 Å². The fourth-order valence-corrected chi connectivity index (χ4v) is 3.24. The summed E-state index contributed by atoms with van der Waals surface area (Å²) in [6, 6.07) is 0. The summed E-state index contributed by atoms with van der Waals surface area (Å²) >= 11 is 0.888. The molecule has 0 saturated carbocycles. The molecule has 146 valence electrons. The maximum absolute atomic E-state index is 12.5. The molecule has 0 aliphatic rings. The van der Waals surface area contributed by atoms with Crippen LogP contribution in [0.5, 0.6) is 0 Å². The van der Waals surface area contributed by atoms with Crippen molar-refractivity contribution in [3.05, 3.63) is 16.1 Å². The second kappa shape index (κ2) is 9.35. The van der Waals surface area contributed by atoms with Crippen molar-refractivity contribution in [1.82, 2.24) is 15.6 Å². The summed E-state index contributed by atoms with van der Waals surface area (Å²) in [4.78, 5) is 7.39. The van der Waals surface area contributed by atoms with Crippen molar-refractivity contribution in [1.29, 1.82) is 0 Å². The molecule has 0 spiro atoms. The molecule has 6 nitrogen and oxygen atoms in total. The summed E-state index contributed by atoms with van der Waals surface area (Å²) in [6.07, 6.45) is -4.46. The van der Waals surface area contributed by atoms with Gasteiger partial charge in [-0.3, -0.25) is 4.99 Å². The topological polar surface area (TPSA) is 83.5 Å². The molecule has 0 radical (unpaired) electrons. The number of guanidine groups is 1. The van der Waals surface area contributed by atoms with Gasteiger partial charge in [0.15, 0.2) is 21.5 Å². The lowest BCUT2D eigenvalue weighted by Gasteiger charge is -2.19. The Hall–Kier alpha value is -0.630. The van der Waals surface area contributed by atoms with E-state index in [1.54, 1.807) is 20.8 Å². The normalized spacial score (nSPS) is 13.3. The SMILES string of the molecule is CN=C(NCCS(=O)(=O)C(C)(C)C)NCc1nc(C(F)(F)F)cs1.I. The predicted molar refractivity (Wildman–Crippen MR) is 104 cm³/mol. The van der Waals surface area contributed by atoms with Gasteiger partial charge >= 0.3 is 6.18 Å². The number of rotatable bonds is 5. The van der Waals surface area contributed by atoms with Gasteiger partial charge in [-0.1, -0.05) is 0 Å². The zero-order chi connectivity index (χ0) is 18.6. The van der Waals surface area contributed by atoms with Gasteiger partial charge in [0.2, 0.25) is 0 Å². The van der Waals surface area contributed by atoms with Crippen molar-refractivity contribution in [2.75, 3.05) is 19.3 Å². The number of nitrogens with one attached hydrogen (secondary N) is 2. The molecule has 1 heterocycles. The lowest BCUT2D eigenvalue weighted by Crippen LogP contribution is -2.41. The summed E-state index contributed by atoms with van der Waals surface area (Å²) in [5, 5.41) is 6.82. The molecule has 0 unspecified atom stereocenters. The van der Waals surface area contributed by atoms with Crippen molar-refractivity contribution < 1.29 is 21.6 Å². The first-order valence-electron chi connectivity index (χ1n) is 7.05. The number of nitrogens with zero attached hydrogens (tertiary/aromatic N) is 2. The molecule has 0 aliphatic heterocycles. The van der Waals surface area contributed by atoms with Crippen molar-refractivity contribution in [2.45, 2.75) is 38.2 Å². The molecule has 1 aromatic heterocycles. The average Bonchev–Trinajstić information content (AvgIpc) is 2.90. The first-order valence-corrected chi connectivity index (χ1v) is 9.58. The minimum atomic E-state index is -4.46. The van der Waals surface area contributed by atoms with Crippen molar-refractivity contribution in [3.8, 4) is 0 Å². The first kappa shape index (κ1) is 24.4. The van der Waals surface area contributed by atoms with Crippen LogP contribution in [0.3, 0.4) is 0 Å². The molecule has 2 N–H and O–H groups in total. The van der Waals surface area contributed by atoms with Gasteiger partial charge in [0.05, 0.1) is 17.0 Å². The molecule has 1 aromatic rings. The zero-order valence-corrected chi connectivity index (χ0v) is 18.2. The Kier molecular flexibility index (Phi) is 9.11. The van der Waals surface area contributed by atoms with Gasteiger partial charge in [-0.2, -0.15) is 13.2 Å². The van der Waals surface area contributed by atoms with E-state index in [9.17, 15) is 21.6 Å². The summed E-state index contributed by atoms with van der Waals surface area (Å²) < 4.78 is 60.5. The number of aliphatic imine (C=N–C) groups is 1. The Morgan fingerprint density at radius 1 is 1.28 bits per heavy atom. The fraction of sp³-hybridized carbons (Fsp3) is 0.692. The molecule has 0 atom stereocenters. The van der Waals surface area contributed by atoms with Crippen LogP contribution in [0.15, 0.2) is 10.4 Å². The lowest BCUT2D eigenvalue weighted by molar-refractivity contribution is -0.140. The van der Waals surface area contributed by atoms with Crippen LogP contribution in [0.2, 0.25) is 0 Å². The van der Waals surface area contributed by atoms with E-state index in [2.05, 4.69) is 20.6 Å². The molecule has 0 fully saturated rings. The Labute approximate surface area is 166 Å². The van der Waals surface area contributed by atoms with E-state index in [-0.39, 0.29) is 47.8 Å². The largest absolute Gasteiger partial charge is 0.434 e. The number of halogens is 4. The molecule has 0 amide bonds. The second-order valence-electron chi connectivity index (χ2n) is 5.91. The van der Waals surface area contributed by atoms with E-state index in [0.717, 1.165) is 16.7 Å². The number of aromatic nitrogens is 1. The third kappa shape index (κ3) is 7.64. The monoisotopic (exact) mass is 514 g/mol. The number of alkyl halides is 3. The van der Waals surface area contributed by atoms with Gasteiger partial charge in [-0.25, -0.2) is 13.4 Å². The number of hydrogen-bond acceptors (Lipinski definition) is 5. The van der Waals surface area contributed by atoms with Gasteiger partial charge in [0.1, 0.15) is 5.01 Å². The molecule has 25 heavy (non-hydrogen) atoms. The molecule has 0 saturated heterocycles. The molecule has 0 aromatic carbocycles. The molecule has 1 rings (SSSR count). The van der Waals surface area contributed by atoms with Crippen LogP contribution in [-0.4, -0.2) is 43.5 Å². The molecule has 0 aliphatic carbocycles. The molecule has 12 heteroatoms. The highest BCUT2D eigenvalue weighted by molar-refractivity contribution is 14.0. The Morgan fingerprint density at radius 3 is 2.32 bits per heavy atom.